The maximum atomic E-state index is 12.2. The van der Waals surface area contributed by atoms with Crippen molar-refractivity contribution >= 4 is 69.6 Å². The molecule has 3 heterocycles. The number of rotatable bonds is 10. The number of thiophene rings is 2. The molecule has 4 nitrogen and oxygen atoms in total. The van der Waals surface area contributed by atoms with Crippen LogP contribution < -0.4 is 0 Å². The number of aliphatic hydroxyl groups excluding tert-OH is 1. The van der Waals surface area contributed by atoms with Crippen LogP contribution in [0.15, 0.2) is 60.6 Å². The fraction of sp³-hybridized carbons (Fsp3) is 0.457. The summed E-state index contributed by atoms with van der Waals surface area (Å²) in [7, 11) is 0. The van der Waals surface area contributed by atoms with Gasteiger partial charge in [-0.2, -0.15) is 0 Å². The minimum Gasteiger partial charge on any atom is -0.512 e. The average molecular weight is 926 g/mol. The Hall–Kier alpha value is -2.96. The van der Waals surface area contributed by atoms with E-state index in [1.807, 2.05) is 64.2 Å². The van der Waals surface area contributed by atoms with Crippen LogP contribution in [-0.2, 0) is 36.7 Å². The Morgan fingerprint density at radius 1 is 0.868 bits per heavy atom. The van der Waals surface area contributed by atoms with Crippen LogP contribution in [0.2, 0.25) is 0 Å². The Morgan fingerprint density at radius 3 is 2.11 bits per heavy atom. The minimum atomic E-state index is -0.337. The van der Waals surface area contributed by atoms with E-state index in [-0.39, 0.29) is 47.9 Å². The van der Waals surface area contributed by atoms with Gasteiger partial charge in [0, 0.05) is 67.1 Å². The first-order valence-electron chi connectivity index (χ1n) is 19.0. The Morgan fingerprint density at radius 2 is 1.51 bits per heavy atom. The summed E-state index contributed by atoms with van der Waals surface area (Å²) in [5.41, 5.74) is 5.33. The van der Waals surface area contributed by atoms with E-state index in [1.54, 1.807) is 6.33 Å². The van der Waals surface area contributed by atoms with Crippen LogP contribution in [0.25, 0.3) is 52.4 Å². The number of aliphatic hydroxyl groups is 1. The van der Waals surface area contributed by atoms with Crippen LogP contribution in [-0.4, -0.2) is 20.9 Å². The molecule has 0 aliphatic carbocycles. The molecule has 53 heavy (non-hydrogen) atoms. The van der Waals surface area contributed by atoms with Gasteiger partial charge in [0.05, 0.1) is 5.52 Å². The number of allylic oxidation sites excluding steroid dienone is 2. The first-order chi connectivity index (χ1) is 24.5. The number of carbonyl (C=O) groups excluding carboxylic acids is 1. The Kier molecular flexibility index (Phi) is 13.6. The van der Waals surface area contributed by atoms with Crippen molar-refractivity contribution < 1.29 is 30.0 Å². The molecule has 285 valence electrons. The molecule has 0 atom stereocenters. The Balaban J connectivity index is 0.000000299. The van der Waals surface area contributed by atoms with Gasteiger partial charge in [-0.3, -0.25) is 9.78 Å². The van der Waals surface area contributed by atoms with Crippen molar-refractivity contribution in [2.45, 2.75) is 121 Å². The largest absolute Gasteiger partial charge is 0.512 e. The average Bonchev–Trinajstić information content (AvgIpc) is 3.66. The van der Waals surface area contributed by atoms with E-state index < -0.39 is 0 Å². The molecule has 0 unspecified atom stereocenters. The molecule has 1 N–H and O–H groups in total. The molecule has 1 radical (unpaired) electrons. The van der Waals surface area contributed by atoms with Crippen LogP contribution in [0.3, 0.4) is 0 Å². The van der Waals surface area contributed by atoms with Gasteiger partial charge in [0.1, 0.15) is 12.1 Å². The SMILES string of the molecule is CCC(C)(CC)C(=O)/C=C(\O)C(C)(CC)CC.Cc1sc2c(ccc3sc4c(-c5[c-]c6ccccc6c(C(C)(C)C)c5)ncnc4c32)c1CC(C)C.[Ir]. The van der Waals surface area contributed by atoms with Gasteiger partial charge in [-0.15, -0.1) is 51.8 Å². The van der Waals surface area contributed by atoms with E-state index in [0.717, 1.165) is 59.0 Å². The van der Waals surface area contributed by atoms with E-state index in [1.165, 1.54) is 47.6 Å². The fourth-order valence-corrected chi connectivity index (χ4v) is 9.36. The van der Waals surface area contributed by atoms with Crippen molar-refractivity contribution in [1.82, 2.24) is 9.97 Å². The number of benzene rings is 3. The van der Waals surface area contributed by atoms with E-state index in [0.29, 0.717) is 5.92 Å². The zero-order valence-electron chi connectivity index (χ0n) is 33.7. The normalized spacial score (nSPS) is 12.8. The topological polar surface area (TPSA) is 63.1 Å². The van der Waals surface area contributed by atoms with E-state index in [2.05, 4.69) is 90.1 Å². The summed E-state index contributed by atoms with van der Waals surface area (Å²) >= 11 is 3.72. The summed E-state index contributed by atoms with van der Waals surface area (Å²) in [6, 6.07) is 19.1. The number of fused-ring (bicyclic) bond motifs is 6. The molecule has 0 amide bonds. The first kappa shape index (κ1) is 42.8. The summed E-state index contributed by atoms with van der Waals surface area (Å²) in [6.07, 6.45) is 7.60. The molecule has 6 rings (SSSR count). The van der Waals surface area contributed by atoms with Gasteiger partial charge >= 0.3 is 0 Å². The third-order valence-electron chi connectivity index (χ3n) is 11.4. The van der Waals surface area contributed by atoms with Crippen molar-refractivity contribution in [2.24, 2.45) is 16.7 Å². The van der Waals surface area contributed by atoms with Crippen LogP contribution in [0.4, 0.5) is 0 Å². The van der Waals surface area contributed by atoms with Gasteiger partial charge in [-0.1, -0.05) is 111 Å². The number of aromatic nitrogens is 2. The van der Waals surface area contributed by atoms with Crippen LogP contribution in [0.1, 0.15) is 118 Å². The first-order valence-corrected chi connectivity index (χ1v) is 20.6. The molecule has 7 heteroatoms. The number of ketones is 1. The van der Waals surface area contributed by atoms with Crippen molar-refractivity contribution in [3.05, 3.63) is 82.7 Å². The number of nitrogens with zero attached hydrogens (tertiary/aromatic N) is 2. The zero-order valence-corrected chi connectivity index (χ0v) is 37.7. The minimum absolute atomic E-state index is 0. The smallest absolute Gasteiger partial charge is 0.164 e. The van der Waals surface area contributed by atoms with Crippen LogP contribution in [0.5, 0.6) is 0 Å². The molecule has 0 aliphatic rings. The molecule has 0 saturated heterocycles. The molecule has 0 spiro atoms. The maximum Gasteiger partial charge on any atom is 0.164 e. The molecule has 3 aromatic heterocycles. The molecular formula is C46H57IrN2O2S2-. The number of hydrogen-bond acceptors (Lipinski definition) is 6. The fourth-order valence-electron chi connectivity index (χ4n) is 6.90. The van der Waals surface area contributed by atoms with Gasteiger partial charge < -0.3 is 5.11 Å². The van der Waals surface area contributed by atoms with Gasteiger partial charge in [-0.25, -0.2) is 4.98 Å². The predicted molar refractivity (Wildman–Crippen MR) is 227 cm³/mol. The van der Waals surface area contributed by atoms with Gasteiger partial charge in [-0.05, 0) is 67.4 Å². The van der Waals surface area contributed by atoms with Crippen molar-refractivity contribution in [3.63, 3.8) is 0 Å². The predicted octanol–water partition coefficient (Wildman–Crippen LogP) is 14.1. The number of hydrogen-bond donors (Lipinski definition) is 1. The van der Waals surface area contributed by atoms with Crippen LogP contribution >= 0.6 is 22.7 Å². The van der Waals surface area contributed by atoms with Gasteiger partial charge in [0.2, 0.25) is 0 Å². The third kappa shape index (κ3) is 8.49. The molecule has 0 aliphatic heterocycles. The summed E-state index contributed by atoms with van der Waals surface area (Å²) < 4.78 is 3.80. The van der Waals surface area contributed by atoms with E-state index >= 15 is 0 Å². The number of aryl methyl sites for hydroxylation is 1. The second-order valence-corrected chi connectivity index (χ2v) is 18.7. The van der Waals surface area contributed by atoms with Gasteiger partial charge in [0.25, 0.3) is 0 Å². The van der Waals surface area contributed by atoms with Gasteiger partial charge in [0.15, 0.2) is 5.78 Å². The molecular weight excluding hydrogens is 869 g/mol. The zero-order chi connectivity index (χ0) is 38.2. The third-order valence-corrected chi connectivity index (χ3v) is 13.8. The van der Waals surface area contributed by atoms with E-state index in [4.69, 9.17) is 9.97 Å². The molecule has 0 bridgehead atoms. The second-order valence-electron chi connectivity index (χ2n) is 16.4. The number of carbonyl (C=O) groups is 1. The van der Waals surface area contributed by atoms with Crippen LogP contribution in [0, 0.1) is 29.7 Å². The van der Waals surface area contributed by atoms with E-state index in [9.17, 15) is 9.90 Å². The summed E-state index contributed by atoms with van der Waals surface area (Å²) in [4.78, 5) is 23.3. The Labute approximate surface area is 338 Å². The summed E-state index contributed by atoms with van der Waals surface area (Å²) in [6.45, 7) is 25.8. The molecule has 0 fully saturated rings. The maximum absolute atomic E-state index is 12.2. The van der Waals surface area contributed by atoms with Crippen molar-refractivity contribution in [2.75, 3.05) is 0 Å². The Bertz CT molecular complexity index is 2260. The standard InChI is InChI=1S/C31H29N2S2.C15H28O2.Ir/c1-17(2)13-23-18(3)34-29-22(23)11-12-25-26(29)28-30(35-25)27(32-16-33-28)20-14-19-9-7-8-10-21(19)24(15-20)31(4,5)6;1-7-14(5,8-2)12(16)11-13(17)15(6,9-3)10-4;/h7-12,15-17H,13H2,1-6H3;11,16H,7-10H2,1-6H3;/q-1;;/b;12-11-;. The summed E-state index contributed by atoms with van der Waals surface area (Å²) in [5.74, 6) is 0.921. The summed E-state index contributed by atoms with van der Waals surface area (Å²) in [5, 5.41) is 15.2. The molecule has 3 aromatic carbocycles. The van der Waals surface area contributed by atoms with Crippen molar-refractivity contribution in [1.29, 1.82) is 0 Å². The monoisotopic (exact) mass is 926 g/mol. The van der Waals surface area contributed by atoms with Crippen molar-refractivity contribution in [3.8, 4) is 11.3 Å². The second kappa shape index (κ2) is 16.8. The molecule has 0 saturated carbocycles. The molecule has 6 aromatic rings. The quantitative estimate of drug-likeness (QED) is 0.0845.